The predicted octanol–water partition coefficient (Wildman–Crippen LogP) is 4.51. The molecule has 0 aromatic rings. The summed E-state index contributed by atoms with van der Waals surface area (Å²) in [7, 11) is 0. The number of fused-ring (bicyclic) bond motifs is 11. The summed E-state index contributed by atoms with van der Waals surface area (Å²) in [6.07, 6.45) is 0.657. The van der Waals surface area contributed by atoms with Crippen LogP contribution in [0, 0.1) is 29.6 Å². The molecule has 0 aromatic heterocycles. The van der Waals surface area contributed by atoms with Gasteiger partial charge >= 0.3 is 5.97 Å². The Bertz CT molecular complexity index is 2470. The zero-order valence-electron chi connectivity index (χ0n) is 47.4. The van der Waals surface area contributed by atoms with E-state index in [1.165, 1.54) is 0 Å². The Kier molecular flexibility index (Phi) is 13.4. The second-order valence-corrected chi connectivity index (χ2v) is 28.3. The molecule has 81 heavy (non-hydrogen) atoms. The fourth-order valence-corrected chi connectivity index (χ4v) is 19.0. The summed E-state index contributed by atoms with van der Waals surface area (Å²) in [5.74, 6) is -4.88. The van der Waals surface area contributed by atoms with E-state index in [2.05, 4.69) is 40.9 Å². The molecule has 3 N–H and O–H groups in total. The lowest BCUT2D eigenvalue weighted by atomic mass is 9.77. The molecule has 17 aliphatic heterocycles. The van der Waals surface area contributed by atoms with E-state index in [9.17, 15) is 20.1 Å². The molecule has 17 rings (SSSR count). The number of carbonyl (C=O) groups excluding carboxylic acids is 1. The zero-order valence-corrected chi connectivity index (χ0v) is 47.4. The molecule has 0 saturated carbocycles. The van der Waals surface area contributed by atoms with Crippen LogP contribution in [0.25, 0.3) is 0 Å². The minimum atomic E-state index is -1.54. The average molecular weight is 1140 g/mol. The first-order valence-corrected chi connectivity index (χ1v) is 31.4. The quantitative estimate of drug-likeness (QED) is 0.256. The van der Waals surface area contributed by atoms with E-state index >= 15 is 0 Å². The normalized spacial score (nSPS) is 59.3. The van der Waals surface area contributed by atoms with E-state index in [4.69, 9.17) is 75.8 Å². The van der Waals surface area contributed by atoms with Gasteiger partial charge in [-0.1, -0.05) is 40.9 Å². The Morgan fingerprint density at radius 3 is 2.10 bits per heavy atom. The highest BCUT2D eigenvalue weighted by molar-refractivity contribution is 5.70. The molecule has 20 nitrogen and oxygen atoms in total. The number of aliphatic hydroxyl groups excluding tert-OH is 2. The van der Waals surface area contributed by atoms with Crippen molar-refractivity contribution in [2.24, 2.45) is 29.6 Å². The van der Waals surface area contributed by atoms with E-state index in [0.717, 1.165) is 36.8 Å². The first-order chi connectivity index (χ1) is 38.9. The number of ether oxygens (including phenoxy) is 16. The molecular weight excluding hydrogens is 1050 g/mol. The van der Waals surface area contributed by atoms with Crippen LogP contribution in [0.3, 0.4) is 0 Å². The van der Waals surface area contributed by atoms with Gasteiger partial charge < -0.3 is 91.1 Å². The molecule has 450 valence electrons. The van der Waals surface area contributed by atoms with Crippen LogP contribution in [0.2, 0.25) is 0 Å². The number of esters is 1. The van der Waals surface area contributed by atoms with Gasteiger partial charge in [0.1, 0.15) is 36.6 Å². The second-order valence-electron chi connectivity index (χ2n) is 28.3. The molecule has 2 unspecified atom stereocenters. The summed E-state index contributed by atoms with van der Waals surface area (Å²) in [5.41, 5.74) is 2.09. The van der Waals surface area contributed by atoms with Gasteiger partial charge in [-0.2, -0.15) is 0 Å². The molecule has 17 aliphatic rings. The van der Waals surface area contributed by atoms with E-state index < -0.39 is 84.2 Å². The van der Waals surface area contributed by atoms with E-state index in [1.54, 1.807) is 0 Å². The van der Waals surface area contributed by atoms with E-state index in [1.807, 2.05) is 0 Å². The highest BCUT2D eigenvalue weighted by Gasteiger charge is 2.75. The Labute approximate surface area is 474 Å². The zero-order chi connectivity index (χ0) is 55.2. The third kappa shape index (κ3) is 9.04. The summed E-state index contributed by atoms with van der Waals surface area (Å²) in [6, 6.07) is 0. The molecule has 0 amide bonds. The first kappa shape index (κ1) is 54.6. The third-order valence-electron chi connectivity index (χ3n) is 22.8. The number of hydrogen-bond acceptors (Lipinski definition) is 20. The molecule has 17 heterocycles. The highest BCUT2D eigenvalue weighted by Crippen LogP contribution is 2.60. The van der Waals surface area contributed by atoms with E-state index in [0.29, 0.717) is 77.2 Å². The van der Waals surface area contributed by atoms with Crippen molar-refractivity contribution >= 4 is 5.97 Å². The molecule has 12 bridgehead atoms. The van der Waals surface area contributed by atoms with Crippen molar-refractivity contribution in [3.8, 4) is 0 Å². The molecule has 20 heteroatoms. The van der Waals surface area contributed by atoms with Crippen molar-refractivity contribution in [3.05, 3.63) is 24.3 Å². The van der Waals surface area contributed by atoms with Crippen LogP contribution in [0.15, 0.2) is 24.3 Å². The molecule has 3 spiro atoms. The number of rotatable bonds is 2. The Hall–Kier alpha value is -1.77. The minimum absolute atomic E-state index is 0.0214. The molecule has 0 aromatic carbocycles. The van der Waals surface area contributed by atoms with Crippen LogP contribution in [-0.2, 0) is 80.6 Å². The van der Waals surface area contributed by atoms with Crippen molar-refractivity contribution in [2.75, 3.05) is 13.2 Å². The predicted molar refractivity (Wildman–Crippen MR) is 278 cm³/mol. The topological polar surface area (TPSA) is 225 Å². The number of aliphatic hydroxyl groups is 3. The fraction of sp³-hybridized carbons (Fsp3) is 0.918. The van der Waals surface area contributed by atoms with Gasteiger partial charge in [-0.3, -0.25) is 4.79 Å². The SMILES string of the molecule is C=C1C[C@@H]2CC[C@@]34CC5(O)O[C@H]6[C@@H](O3)[C@H]3O[C@H](CC[C@@H]3O[C@H]6C5O4)CC(=O)O[C@@H]3[C@@H](C)[C@@H]4O[C@@H]5C[C@]6(C[C@@H]7O[C@]8(C[C@H](C)[C@@H]9O[C@@H]%10[C@@H]([C@@H](O)CO)CO[C@@H]%10C[C@@H]9O8)C[C@H](C)[C@@H]7O6)O[C@@H]5C[C@@H]4O[C@H]3C[C@H]3O[C@@H](CC[C@@H]1O2)C[C@@H](C)C3=C. The van der Waals surface area contributed by atoms with Crippen molar-refractivity contribution < 1.29 is 95.9 Å². The Morgan fingerprint density at radius 2 is 1.25 bits per heavy atom. The standard InChI is InChI=1S/C61H86O20/c1-26-13-32-7-9-37-27(2)14-34(67-37)11-12-58-25-61(65)57(81-58)56-55(80-61)54(79-58)53-38(71-56)10-8-33(69-53)15-47(64)73-51-31(6)50-43(70-42(51)16-39(68-32)30(26)5)17-40-45(72-50)21-60(75-40)22-46-49(78-60)29(4)20-59(77-46)19-28(3)48-44(76-59)18-41-52(74-48)35(24-66-41)36(63)23-62/h26,28-29,31-46,48-57,62-63,65H,2,5,7-25H2,1,3-4,6H3/t26-,28+,29+,31+,32+,33-,34+,35-,36+,37+,38+,39-,40-,41-,42+,43+,44+,45-,46+,48+,49+,50+,51-,52-,53+,54+,55+,56-,57?,58-,59-,60+,61?/m1/s1. The fourth-order valence-electron chi connectivity index (χ4n) is 19.0. The highest BCUT2D eigenvalue weighted by atomic mass is 16.8. The van der Waals surface area contributed by atoms with Crippen LogP contribution in [-0.4, -0.2) is 204 Å². The maximum Gasteiger partial charge on any atom is 0.308 e. The van der Waals surface area contributed by atoms with Gasteiger partial charge in [-0.25, -0.2) is 0 Å². The summed E-state index contributed by atoms with van der Waals surface area (Å²) in [6.45, 7) is 17.9. The molecule has 17 saturated heterocycles. The van der Waals surface area contributed by atoms with E-state index in [-0.39, 0.29) is 140 Å². The van der Waals surface area contributed by atoms with Gasteiger partial charge in [0.25, 0.3) is 0 Å². The summed E-state index contributed by atoms with van der Waals surface area (Å²) < 4.78 is 110. The van der Waals surface area contributed by atoms with Crippen molar-refractivity contribution in [2.45, 2.75) is 306 Å². The maximum absolute atomic E-state index is 14.6. The molecular formula is C61H86O20. The van der Waals surface area contributed by atoms with Crippen molar-refractivity contribution in [3.63, 3.8) is 0 Å². The monoisotopic (exact) mass is 1140 g/mol. The Morgan fingerprint density at radius 1 is 0.543 bits per heavy atom. The lowest BCUT2D eigenvalue weighted by Crippen LogP contribution is -2.62. The van der Waals surface area contributed by atoms with Gasteiger partial charge in [-0.05, 0) is 73.8 Å². The van der Waals surface area contributed by atoms with Crippen molar-refractivity contribution in [1.29, 1.82) is 0 Å². The summed E-state index contributed by atoms with van der Waals surface area (Å²) >= 11 is 0. The van der Waals surface area contributed by atoms with Gasteiger partial charge in [-0.15, -0.1) is 0 Å². The second kappa shape index (κ2) is 19.9. The lowest BCUT2D eigenvalue weighted by molar-refractivity contribution is -0.370. The average Bonchev–Trinajstić information content (AvgIpc) is 3.91. The maximum atomic E-state index is 14.6. The molecule has 17 fully saturated rings. The summed E-state index contributed by atoms with van der Waals surface area (Å²) in [4.78, 5) is 14.6. The minimum Gasteiger partial charge on any atom is -0.459 e. The van der Waals surface area contributed by atoms with Crippen LogP contribution in [0.4, 0.5) is 0 Å². The molecule has 0 radical (unpaired) electrons. The molecule has 33 atom stereocenters. The van der Waals surface area contributed by atoms with Crippen LogP contribution in [0.5, 0.6) is 0 Å². The Balaban J connectivity index is 0.630. The van der Waals surface area contributed by atoms with Crippen LogP contribution in [0.1, 0.15) is 137 Å². The largest absolute Gasteiger partial charge is 0.459 e. The van der Waals surface area contributed by atoms with Crippen LogP contribution >= 0.6 is 0 Å². The van der Waals surface area contributed by atoms with Gasteiger partial charge in [0, 0.05) is 63.2 Å². The number of hydrogen-bond donors (Lipinski definition) is 3. The van der Waals surface area contributed by atoms with Gasteiger partial charge in [0.05, 0.1) is 136 Å². The van der Waals surface area contributed by atoms with Gasteiger partial charge in [0.15, 0.2) is 17.4 Å². The number of carbonyl (C=O) groups is 1. The smallest absolute Gasteiger partial charge is 0.308 e. The first-order valence-electron chi connectivity index (χ1n) is 31.4. The third-order valence-corrected chi connectivity index (χ3v) is 22.8. The molecule has 0 aliphatic carbocycles. The van der Waals surface area contributed by atoms with Crippen LogP contribution < -0.4 is 0 Å². The lowest BCUT2D eigenvalue weighted by Gasteiger charge is -2.54. The van der Waals surface area contributed by atoms with Crippen molar-refractivity contribution in [1.82, 2.24) is 0 Å². The van der Waals surface area contributed by atoms with Gasteiger partial charge in [0.2, 0.25) is 5.79 Å². The summed E-state index contributed by atoms with van der Waals surface area (Å²) in [5, 5.41) is 32.2.